The van der Waals surface area contributed by atoms with E-state index in [1.165, 1.54) is 23.2 Å². The lowest BCUT2D eigenvalue weighted by Crippen LogP contribution is -2.49. The maximum absolute atomic E-state index is 12.7. The molecule has 0 aromatic carbocycles. The monoisotopic (exact) mass is 402 g/mol. The number of aryl methyl sites for hydroxylation is 3. The molecular formula is C17H22N8O2S. The van der Waals surface area contributed by atoms with Gasteiger partial charge in [-0.05, 0) is 19.9 Å². The summed E-state index contributed by atoms with van der Waals surface area (Å²) >= 11 is 0. The Labute approximate surface area is 163 Å². The molecule has 10 nitrogen and oxygen atoms in total. The van der Waals surface area contributed by atoms with E-state index in [1.807, 2.05) is 26.0 Å². The fraction of sp³-hybridized carbons (Fsp3) is 0.412. The van der Waals surface area contributed by atoms with Crippen molar-refractivity contribution in [3.8, 4) is 5.82 Å². The first kappa shape index (κ1) is 18.6. The first-order chi connectivity index (χ1) is 13.3. The molecular weight excluding hydrogens is 380 g/mol. The Morgan fingerprint density at radius 1 is 0.964 bits per heavy atom. The molecule has 1 saturated heterocycles. The number of imidazole rings is 1. The van der Waals surface area contributed by atoms with Crippen LogP contribution in [-0.4, -0.2) is 68.2 Å². The normalized spacial score (nSPS) is 15.9. The van der Waals surface area contributed by atoms with Crippen LogP contribution in [0, 0.1) is 13.8 Å². The minimum Gasteiger partial charge on any atom is -0.354 e. The SMILES string of the molecule is Cc1cc(C)n(-c2cc(N3CCN(S(=O)(=O)c4cn(C)cn4)CC3)ncn2)n1. The van der Waals surface area contributed by atoms with Crippen molar-refractivity contribution >= 4 is 15.8 Å². The summed E-state index contributed by atoms with van der Waals surface area (Å²) < 4.78 is 30.3. The standard InChI is InChI=1S/C17H22N8O2S/c1-13-8-14(2)25(21-13)16-9-15(18-11-19-16)23-4-6-24(7-5-23)28(26,27)17-10-22(3)12-20-17/h8-12H,4-7H2,1-3H3. The molecule has 148 valence electrons. The van der Waals surface area contributed by atoms with Crippen LogP contribution < -0.4 is 4.90 Å². The van der Waals surface area contributed by atoms with E-state index < -0.39 is 10.0 Å². The molecule has 0 spiro atoms. The molecule has 0 saturated carbocycles. The largest absolute Gasteiger partial charge is 0.354 e. The van der Waals surface area contributed by atoms with Crippen molar-refractivity contribution in [2.75, 3.05) is 31.1 Å². The zero-order valence-electron chi connectivity index (χ0n) is 16.0. The van der Waals surface area contributed by atoms with Crippen LogP contribution in [-0.2, 0) is 17.1 Å². The van der Waals surface area contributed by atoms with E-state index >= 15 is 0 Å². The highest BCUT2D eigenvalue weighted by molar-refractivity contribution is 7.89. The number of aromatic nitrogens is 6. The molecule has 0 unspecified atom stereocenters. The fourth-order valence-electron chi connectivity index (χ4n) is 3.30. The van der Waals surface area contributed by atoms with Crippen molar-refractivity contribution in [2.24, 2.45) is 7.05 Å². The van der Waals surface area contributed by atoms with Crippen molar-refractivity contribution in [2.45, 2.75) is 18.9 Å². The first-order valence-electron chi connectivity index (χ1n) is 8.93. The lowest BCUT2D eigenvalue weighted by Gasteiger charge is -2.34. The molecule has 0 amide bonds. The molecule has 0 aliphatic carbocycles. The second kappa shape index (κ2) is 6.99. The Hall–Kier alpha value is -2.79. The summed E-state index contributed by atoms with van der Waals surface area (Å²) in [5.74, 6) is 1.45. The van der Waals surface area contributed by atoms with Crippen molar-refractivity contribution in [3.05, 3.63) is 42.4 Å². The number of piperazine rings is 1. The number of sulfonamides is 1. The summed E-state index contributed by atoms with van der Waals surface area (Å²) in [4.78, 5) is 14.7. The Morgan fingerprint density at radius 2 is 1.68 bits per heavy atom. The van der Waals surface area contributed by atoms with Gasteiger partial charge in [-0.25, -0.2) is 28.1 Å². The molecule has 0 N–H and O–H groups in total. The van der Waals surface area contributed by atoms with Gasteiger partial charge in [0.2, 0.25) is 0 Å². The maximum atomic E-state index is 12.7. The molecule has 0 radical (unpaired) electrons. The van der Waals surface area contributed by atoms with Crippen molar-refractivity contribution in [1.82, 2.24) is 33.6 Å². The third-order valence-electron chi connectivity index (χ3n) is 4.71. The zero-order valence-corrected chi connectivity index (χ0v) is 16.8. The van der Waals surface area contributed by atoms with Gasteiger partial charge >= 0.3 is 0 Å². The highest BCUT2D eigenvalue weighted by Crippen LogP contribution is 2.20. The summed E-state index contributed by atoms with van der Waals surface area (Å²) in [6.45, 7) is 5.74. The summed E-state index contributed by atoms with van der Waals surface area (Å²) in [5.41, 5.74) is 1.92. The van der Waals surface area contributed by atoms with Gasteiger partial charge in [0.15, 0.2) is 10.8 Å². The molecule has 0 atom stereocenters. The second-order valence-electron chi connectivity index (χ2n) is 6.84. The third-order valence-corrected chi connectivity index (χ3v) is 6.50. The Morgan fingerprint density at radius 3 is 2.29 bits per heavy atom. The zero-order chi connectivity index (χ0) is 19.9. The van der Waals surface area contributed by atoms with Crippen LogP contribution in [0.1, 0.15) is 11.4 Å². The van der Waals surface area contributed by atoms with Crippen LogP contribution in [0.4, 0.5) is 5.82 Å². The van der Waals surface area contributed by atoms with E-state index in [0.717, 1.165) is 17.2 Å². The van der Waals surface area contributed by atoms with Crippen LogP contribution in [0.3, 0.4) is 0 Å². The summed E-state index contributed by atoms with van der Waals surface area (Å²) in [7, 11) is -1.82. The molecule has 4 heterocycles. The van der Waals surface area contributed by atoms with E-state index in [-0.39, 0.29) is 5.03 Å². The topological polar surface area (TPSA) is 102 Å². The van der Waals surface area contributed by atoms with E-state index in [0.29, 0.717) is 32.0 Å². The van der Waals surface area contributed by atoms with Crippen LogP contribution in [0.2, 0.25) is 0 Å². The van der Waals surface area contributed by atoms with Crippen LogP contribution >= 0.6 is 0 Å². The van der Waals surface area contributed by atoms with Gasteiger partial charge in [-0.2, -0.15) is 9.40 Å². The summed E-state index contributed by atoms with van der Waals surface area (Å²) in [6, 6.07) is 3.87. The van der Waals surface area contributed by atoms with Gasteiger partial charge < -0.3 is 9.47 Å². The maximum Gasteiger partial charge on any atom is 0.262 e. The molecule has 28 heavy (non-hydrogen) atoms. The average molecular weight is 402 g/mol. The van der Waals surface area contributed by atoms with E-state index in [2.05, 4.69) is 25.0 Å². The molecule has 11 heteroatoms. The number of anilines is 1. The quantitative estimate of drug-likeness (QED) is 0.627. The van der Waals surface area contributed by atoms with E-state index in [4.69, 9.17) is 0 Å². The van der Waals surface area contributed by atoms with Gasteiger partial charge in [-0.3, -0.25) is 0 Å². The van der Waals surface area contributed by atoms with E-state index in [9.17, 15) is 8.42 Å². The van der Waals surface area contributed by atoms with Crippen molar-refractivity contribution < 1.29 is 8.42 Å². The predicted octanol–water partition coefficient (Wildman–Crippen LogP) is 0.524. The minimum absolute atomic E-state index is 0.0808. The van der Waals surface area contributed by atoms with Gasteiger partial charge in [0.05, 0.1) is 12.0 Å². The molecule has 4 rings (SSSR count). The molecule has 1 fully saturated rings. The summed E-state index contributed by atoms with van der Waals surface area (Å²) in [6.07, 6.45) is 4.52. The van der Waals surface area contributed by atoms with Crippen LogP contribution in [0.5, 0.6) is 0 Å². The van der Waals surface area contributed by atoms with Gasteiger partial charge in [0.25, 0.3) is 10.0 Å². The Bertz CT molecular complexity index is 1100. The Balaban J connectivity index is 1.50. The molecule has 3 aromatic rings. The number of nitrogens with zero attached hydrogens (tertiary/aromatic N) is 8. The second-order valence-corrected chi connectivity index (χ2v) is 8.73. The van der Waals surface area contributed by atoms with Crippen LogP contribution in [0.25, 0.3) is 5.82 Å². The van der Waals surface area contributed by atoms with Crippen molar-refractivity contribution in [1.29, 1.82) is 0 Å². The van der Waals surface area contributed by atoms with Crippen molar-refractivity contribution in [3.63, 3.8) is 0 Å². The molecule has 0 bridgehead atoms. The predicted molar refractivity (Wildman–Crippen MR) is 103 cm³/mol. The van der Waals surface area contributed by atoms with Gasteiger partial charge in [0.1, 0.15) is 12.1 Å². The van der Waals surface area contributed by atoms with E-state index in [1.54, 1.807) is 16.3 Å². The third kappa shape index (κ3) is 3.38. The smallest absolute Gasteiger partial charge is 0.262 e. The van der Waals surface area contributed by atoms with Gasteiger partial charge in [-0.15, -0.1) is 0 Å². The average Bonchev–Trinajstić information content (AvgIpc) is 3.27. The highest BCUT2D eigenvalue weighted by atomic mass is 32.2. The van der Waals surface area contributed by atoms with Crippen LogP contribution in [0.15, 0.2) is 36.0 Å². The minimum atomic E-state index is -3.57. The lowest BCUT2D eigenvalue weighted by atomic mass is 10.3. The highest BCUT2D eigenvalue weighted by Gasteiger charge is 2.30. The molecule has 3 aromatic heterocycles. The first-order valence-corrected chi connectivity index (χ1v) is 10.4. The summed E-state index contributed by atoms with van der Waals surface area (Å²) in [5, 5.41) is 4.54. The van der Waals surface area contributed by atoms with Gasteiger partial charge in [0, 0.05) is 51.2 Å². The van der Waals surface area contributed by atoms with Gasteiger partial charge in [-0.1, -0.05) is 0 Å². The number of rotatable bonds is 4. The lowest BCUT2D eigenvalue weighted by molar-refractivity contribution is 0.382. The number of hydrogen-bond donors (Lipinski definition) is 0. The molecule has 1 aliphatic rings. The fourth-order valence-corrected chi connectivity index (χ4v) is 4.69. The number of hydrogen-bond acceptors (Lipinski definition) is 7. The Kier molecular flexibility index (Phi) is 4.63. The molecule has 1 aliphatic heterocycles.